The summed E-state index contributed by atoms with van der Waals surface area (Å²) >= 11 is 6.13. The molecule has 0 aromatic carbocycles. The van der Waals surface area contributed by atoms with Crippen LogP contribution in [-0.4, -0.2) is 15.0 Å². The number of rotatable bonds is 2. The van der Waals surface area contributed by atoms with E-state index in [1.54, 1.807) is 12.1 Å². The normalized spacial score (nSPS) is 11.7. The summed E-state index contributed by atoms with van der Waals surface area (Å²) in [6.07, 6.45) is -3.18. The van der Waals surface area contributed by atoms with E-state index in [1.807, 2.05) is 0 Å². The Kier molecular flexibility index (Phi) is 3.92. The van der Waals surface area contributed by atoms with Gasteiger partial charge in [-0.15, -0.1) is 0 Å². The van der Waals surface area contributed by atoms with Crippen molar-refractivity contribution in [2.24, 2.45) is 0 Å². The van der Waals surface area contributed by atoms with Gasteiger partial charge in [0.2, 0.25) is 5.95 Å². The number of hydrogen-bond acceptors (Lipinski definition) is 5. The van der Waals surface area contributed by atoms with Gasteiger partial charge in [-0.05, 0) is 36.8 Å². The Morgan fingerprint density at radius 1 is 1.17 bits per heavy atom. The fourth-order valence-electron chi connectivity index (χ4n) is 2.26. The molecule has 0 aliphatic carbocycles. The largest absolute Gasteiger partial charge is 0.463 e. The summed E-state index contributed by atoms with van der Waals surface area (Å²) in [4.78, 5) is 11.4. The van der Waals surface area contributed by atoms with Gasteiger partial charge in [0, 0.05) is 11.3 Å². The third kappa shape index (κ3) is 3.05. The summed E-state index contributed by atoms with van der Waals surface area (Å²) in [5.74, 6) is 0.195. The number of furan rings is 1. The van der Waals surface area contributed by atoms with Crippen LogP contribution in [0.4, 0.5) is 19.1 Å². The molecule has 0 bridgehead atoms. The molecule has 124 valence electrons. The lowest BCUT2D eigenvalue weighted by Gasteiger charge is -2.13. The smallest absolute Gasteiger partial charge is 0.433 e. The van der Waals surface area contributed by atoms with Crippen molar-refractivity contribution in [3.05, 3.63) is 47.1 Å². The van der Waals surface area contributed by atoms with E-state index >= 15 is 0 Å². The van der Waals surface area contributed by atoms with Crippen LogP contribution in [-0.2, 0) is 6.18 Å². The summed E-state index contributed by atoms with van der Waals surface area (Å²) in [6.45, 7) is 1.46. The molecule has 0 radical (unpaired) electrons. The topological polar surface area (TPSA) is 77.8 Å². The first-order valence-electron chi connectivity index (χ1n) is 6.69. The highest BCUT2D eigenvalue weighted by atomic mass is 35.5. The Labute approximate surface area is 139 Å². The number of aromatic nitrogens is 3. The van der Waals surface area contributed by atoms with Gasteiger partial charge in [-0.1, -0.05) is 11.6 Å². The first kappa shape index (κ1) is 16.3. The van der Waals surface area contributed by atoms with Crippen molar-refractivity contribution in [1.29, 1.82) is 0 Å². The fourth-order valence-corrected chi connectivity index (χ4v) is 2.54. The number of anilines is 1. The van der Waals surface area contributed by atoms with E-state index in [1.165, 1.54) is 19.3 Å². The van der Waals surface area contributed by atoms with Gasteiger partial charge in [0.15, 0.2) is 5.76 Å². The van der Waals surface area contributed by atoms with Crippen LogP contribution in [0.2, 0.25) is 5.15 Å². The van der Waals surface area contributed by atoms with E-state index in [0.29, 0.717) is 5.76 Å². The van der Waals surface area contributed by atoms with Crippen LogP contribution in [0.3, 0.4) is 0 Å². The van der Waals surface area contributed by atoms with Crippen LogP contribution in [0.1, 0.15) is 11.4 Å². The maximum Gasteiger partial charge on any atom is 0.433 e. The standard InChI is InChI=1S/C15H10ClF3N4O/c1-7-5-8(6-10(21-7)15(17,18)19)11-12(9-3-2-4-24-9)22-14(20)23-13(11)16/h2-6H,1H3,(H2,20,22,23). The molecule has 0 spiro atoms. The molecule has 0 atom stereocenters. The fraction of sp³-hybridized carbons (Fsp3) is 0.133. The van der Waals surface area contributed by atoms with Gasteiger partial charge in [0.25, 0.3) is 0 Å². The summed E-state index contributed by atoms with van der Waals surface area (Å²) in [5.41, 5.74) is 5.32. The summed E-state index contributed by atoms with van der Waals surface area (Å²) < 4.78 is 44.4. The van der Waals surface area contributed by atoms with Crippen molar-refractivity contribution >= 4 is 17.5 Å². The Balaban J connectivity index is 2.29. The van der Waals surface area contributed by atoms with Crippen LogP contribution in [0.25, 0.3) is 22.6 Å². The second-order valence-corrected chi connectivity index (χ2v) is 5.31. The zero-order valence-electron chi connectivity index (χ0n) is 12.2. The van der Waals surface area contributed by atoms with Gasteiger partial charge in [0.1, 0.15) is 16.5 Å². The number of nitrogen functional groups attached to an aromatic ring is 1. The van der Waals surface area contributed by atoms with Gasteiger partial charge < -0.3 is 10.2 Å². The van der Waals surface area contributed by atoms with Crippen molar-refractivity contribution in [1.82, 2.24) is 15.0 Å². The number of pyridine rings is 1. The Morgan fingerprint density at radius 2 is 1.92 bits per heavy atom. The Hall–Kier alpha value is -2.61. The van der Waals surface area contributed by atoms with Crippen LogP contribution in [0.5, 0.6) is 0 Å². The Morgan fingerprint density at radius 3 is 2.54 bits per heavy atom. The second kappa shape index (κ2) is 5.79. The maximum absolute atomic E-state index is 13.0. The quantitative estimate of drug-likeness (QED) is 0.692. The molecule has 24 heavy (non-hydrogen) atoms. The van der Waals surface area contributed by atoms with E-state index < -0.39 is 11.9 Å². The molecular weight excluding hydrogens is 345 g/mol. The number of aryl methyl sites for hydroxylation is 1. The first-order valence-corrected chi connectivity index (χ1v) is 7.06. The molecule has 0 aliphatic heterocycles. The number of hydrogen-bond donors (Lipinski definition) is 1. The summed E-state index contributed by atoms with van der Waals surface area (Å²) in [6, 6.07) is 5.56. The van der Waals surface area contributed by atoms with Crippen molar-refractivity contribution < 1.29 is 17.6 Å². The number of nitrogens with zero attached hydrogens (tertiary/aromatic N) is 3. The van der Waals surface area contributed by atoms with E-state index in [4.69, 9.17) is 21.8 Å². The Bertz CT molecular complexity index is 894. The summed E-state index contributed by atoms with van der Waals surface area (Å²) in [5, 5.41) is -0.0763. The minimum atomic E-state index is -4.59. The second-order valence-electron chi connectivity index (χ2n) is 4.95. The molecule has 3 rings (SSSR count). The van der Waals surface area contributed by atoms with Crippen molar-refractivity contribution in [2.45, 2.75) is 13.1 Å². The first-order chi connectivity index (χ1) is 11.3. The lowest BCUT2D eigenvalue weighted by Crippen LogP contribution is -2.09. The van der Waals surface area contributed by atoms with Gasteiger partial charge in [-0.2, -0.15) is 13.2 Å². The molecule has 3 heterocycles. The predicted octanol–water partition coefficient (Wildman–Crippen LogP) is 4.36. The highest BCUT2D eigenvalue weighted by Gasteiger charge is 2.33. The van der Waals surface area contributed by atoms with Gasteiger partial charge in [0.05, 0.1) is 6.26 Å². The lowest BCUT2D eigenvalue weighted by atomic mass is 10.0. The van der Waals surface area contributed by atoms with Crippen molar-refractivity contribution in [3.63, 3.8) is 0 Å². The van der Waals surface area contributed by atoms with Crippen LogP contribution in [0.15, 0.2) is 34.9 Å². The minimum absolute atomic E-state index is 0.0763. The molecule has 0 amide bonds. The van der Waals surface area contributed by atoms with Crippen LogP contribution in [0, 0.1) is 6.92 Å². The average molecular weight is 355 g/mol. The molecule has 0 fully saturated rings. The molecule has 3 aromatic heterocycles. The molecule has 3 aromatic rings. The van der Waals surface area contributed by atoms with Gasteiger partial charge >= 0.3 is 6.18 Å². The van der Waals surface area contributed by atoms with Crippen molar-refractivity contribution in [2.75, 3.05) is 5.73 Å². The molecule has 0 saturated carbocycles. The van der Waals surface area contributed by atoms with E-state index in [2.05, 4.69) is 15.0 Å². The molecule has 5 nitrogen and oxygen atoms in total. The number of nitrogens with two attached hydrogens (primary N) is 1. The predicted molar refractivity (Wildman–Crippen MR) is 82.1 cm³/mol. The average Bonchev–Trinajstić information content (AvgIpc) is 2.98. The van der Waals surface area contributed by atoms with Gasteiger partial charge in [-0.25, -0.2) is 15.0 Å². The number of halogens is 4. The van der Waals surface area contributed by atoms with Gasteiger partial charge in [-0.3, -0.25) is 0 Å². The zero-order chi connectivity index (χ0) is 17.5. The molecular formula is C15H10ClF3N4O. The van der Waals surface area contributed by atoms with Crippen LogP contribution >= 0.6 is 11.6 Å². The highest BCUT2D eigenvalue weighted by Crippen LogP contribution is 2.38. The molecule has 0 unspecified atom stereocenters. The van der Waals surface area contributed by atoms with E-state index in [0.717, 1.165) is 6.07 Å². The van der Waals surface area contributed by atoms with E-state index in [9.17, 15) is 13.2 Å². The maximum atomic E-state index is 13.0. The van der Waals surface area contributed by atoms with E-state index in [-0.39, 0.29) is 33.6 Å². The number of alkyl halides is 3. The SMILES string of the molecule is Cc1cc(-c2c(Cl)nc(N)nc2-c2ccco2)cc(C(F)(F)F)n1. The lowest BCUT2D eigenvalue weighted by molar-refractivity contribution is -0.141. The minimum Gasteiger partial charge on any atom is -0.463 e. The third-order valence-corrected chi connectivity index (χ3v) is 3.44. The molecule has 0 saturated heterocycles. The monoisotopic (exact) mass is 354 g/mol. The molecule has 2 N–H and O–H groups in total. The summed E-state index contributed by atoms with van der Waals surface area (Å²) in [7, 11) is 0. The van der Waals surface area contributed by atoms with Crippen molar-refractivity contribution in [3.8, 4) is 22.6 Å². The molecule has 9 heteroatoms. The van der Waals surface area contributed by atoms with Crippen LogP contribution < -0.4 is 5.73 Å². The third-order valence-electron chi connectivity index (χ3n) is 3.17. The highest BCUT2D eigenvalue weighted by molar-refractivity contribution is 6.32. The molecule has 0 aliphatic rings. The zero-order valence-corrected chi connectivity index (χ0v) is 13.0.